The van der Waals surface area contributed by atoms with Crippen LogP contribution < -0.4 is 16.6 Å². The lowest BCUT2D eigenvalue weighted by Crippen LogP contribution is -2.34. The maximum atomic E-state index is 14.3. The van der Waals surface area contributed by atoms with Gasteiger partial charge in [0.1, 0.15) is 5.82 Å². The van der Waals surface area contributed by atoms with Gasteiger partial charge in [0.2, 0.25) is 5.91 Å². The van der Waals surface area contributed by atoms with E-state index in [1.807, 2.05) is 11.8 Å². The molecule has 1 aliphatic heterocycles. The van der Waals surface area contributed by atoms with Crippen LogP contribution in [0, 0.1) is 11.7 Å². The van der Waals surface area contributed by atoms with Crippen molar-refractivity contribution in [3.63, 3.8) is 0 Å². The molecule has 0 unspecified atom stereocenters. The summed E-state index contributed by atoms with van der Waals surface area (Å²) in [5.74, 6) is -0.536. The Bertz CT molecular complexity index is 826. The van der Waals surface area contributed by atoms with Crippen molar-refractivity contribution in [3.8, 4) is 5.69 Å². The van der Waals surface area contributed by atoms with Crippen LogP contribution in [0.2, 0.25) is 0 Å². The Balaban J connectivity index is 1.68. The minimum atomic E-state index is -0.590. The predicted molar refractivity (Wildman–Crippen MR) is 94.2 cm³/mol. The zero-order valence-corrected chi connectivity index (χ0v) is 14.0. The van der Waals surface area contributed by atoms with Crippen LogP contribution in [-0.4, -0.2) is 41.1 Å². The van der Waals surface area contributed by atoms with Crippen molar-refractivity contribution in [2.45, 2.75) is 13.0 Å². The highest BCUT2D eigenvalue weighted by Gasteiger charge is 2.27. The van der Waals surface area contributed by atoms with Crippen molar-refractivity contribution in [2.24, 2.45) is 11.7 Å². The number of nitrogens with zero attached hydrogens (tertiary/aromatic N) is 2. The summed E-state index contributed by atoms with van der Waals surface area (Å²) in [6.07, 6.45) is 1.56. The number of anilines is 1. The van der Waals surface area contributed by atoms with Gasteiger partial charge in [0, 0.05) is 37.5 Å². The number of hydrogen-bond acceptors (Lipinski definition) is 4. The Morgan fingerprint density at radius 1 is 1.32 bits per heavy atom. The lowest BCUT2D eigenvalue weighted by molar-refractivity contribution is -0.117. The average Bonchev–Trinajstić information content (AvgIpc) is 2.87. The van der Waals surface area contributed by atoms with E-state index in [1.165, 1.54) is 22.8 Å². The van der Waals surface area contributed by atoms with Crippen LogP contribution in [0.3, 0.4) is 0 Å². The van der Waals surface area contributed by atoms with Crippen molar-refractivity contribution in [1.82, 2.24) is 9.47 Å². The van der Waals surface area contributed by atoms with Gasteiger partial charge in [-0.2, -0.15) is 0 Å². The van der Waals surface area contributed by atoms with Crippen molar-refractivity contribution in [2.75, 3.05) is 25.0 Å². The molecule has 1 amide bonds. The summed E-state index contributed by atoms with van der Waals surface area (Å²) in [7, 11) is 0. The second kappa shape index (κ2) is 7.16. The van der Waals surface area contributed by atoms with Crippen molar-refractivity contribution in [1.29, 1.82) is 0 Å². The number of aromatic nitrogens is 1. The first-order chi connectivity index (χ1) is 11.9. The van der Waals surface area contributed by atoms with E-state index in [2.05, 4.69) is 5.32 Å². The second-order valence-electron chi connectivity index (χ2n) is 6.46. The molecule has 1 fully saturated rings. The average molecular weight is 344 g/mol. The molecule has 25 heavy (non-hydrogen) atoms. The Kier molecular flexibility index (Phi) is 4.96. The number of nitrogens with one attached hydrogen (secondary N) is 1. The third-order valence-electron chi connectivity index (χ3n) is 4.44. The number of carbonyl (C=O) groups is 1. The zero-order valence-electron chi connectivity index (χ0n) is 14.0. The molecule has 2 heterocycles. The van der Waals surface area contributed by atoms with Crippen LogP contribution in [0.4, 0.5) is 10.1 Å². The van der Waals surface area contributed by atoms with E-state index < -0.39 is 5.82 Å². The molecule has 1 aromatic heterocycles. The van der Waals surface area contributed by atoms with Crippen LogP contribution in [0.5, 0.6) is 0 Å². The summed E-state index contributed by atoms with van der Waals surface area (Å²) in [6, 6.07) is 9.05. The quantitative estimate of drug-likeness (QED) is 0.873. The summed E-state index contributed by atoms with van der Waals surface area (Å²) < 4.78 is 15.6. The zero-order chi connectivity index (χ0) is 18.0. The number of amides is 1. The predicted octanol–water partition coefficient (Wildman–Crippen LogP) is 1.19. The first-order valence-corrected chi connectivity index (χ1v) is 8.19. The maximum Gasteiger partial charge on any atom is 0.255 e. The topological polar surface area (TPSA) is 80.4 Å². The van der Waals surface area contributed by atoms with Gasteiger partial charge in [-0.3, -0.25) is 19.1 Å². The molecule has 0 bridgehead atoms. The van der Waals surface area contributed by atoms with Gasteiger partial charge in [0.25, 0.3) is 5.56 Å². The fraction of sp³-hybridized carbons (Fsp3) is 0.333. The van der Waals surface area contributed by atoms with Gasteiger partial charge in [-0.05, 0) is 24.1 Å². The Labute approximate surface area is 145 Å². The first-order valence-electron chi connectivity index (χ1n) is 8.19. The normalized spacial score (nSPS) is 20.6. The molecule has 0 aliphatic carbocycles. The number of pyridine rings is 1. The highest BCUT2D eigenvalue weighted by atomic mass is 19.1. The van der Waals surface area contributed by atoms with E-state index in [0.717, 1.165) is 6.54 Å². The van der Waals surface area contributed by atoms with Crippen molar-refractivity contribution < 1.29 is 9.18 Å². The van der Waals surface area contributed by atoms with E-state index in [4.69, 9.17) is 5.73 Å². The number of likely N-dealkylation sites (tertiary alicyclic amines) is 1. The van der Waals surface area contributed by atoms with Crippen molar-refractivity contribution >= 4 is 11.6 Å². The number of benzene rings is 1. The molecule has 0 radical (unpaired) electrons. The molecule has 2 atom stereocenters. The fourth-order valence-corrected chi connectivity index (χ4v) is 3.01. The molecule has 3 N–H and O–H groups in total. The van der Waals surface area contributed by atoms with Crippen LogP contribution >= 0.6 is 0 Å². The second-order valence-corrected chi connectivity index (χ2v) is 6.46. The lowest BCUT2D eigenvalue weighted by Gasteiger charge is -2.15. The standard InChI is InChI=1S/C18H21FN4O2/c1-12-9-22(10-15(12)20)11-17(24)21-16-6-5-13(8-14(16)19)23-7-3-2-4-18(23)25/h2-8,12,15H,9-11,20H2,1H3,(H,21,24)/t12-,15-/m0/s1. The molecule has 0 saturated carbocycles. The van der Waals surface area contributed by atoms with E-state index >= 15 is 0 Å². The molecule has 7 heteroatoms. The first kappa shape index (κ1) is 17.3. The highest BCUT2D eigenvalue weighted by molar-refractivity contribution is 5.92. The van der Waals surface area contributed by atoms with Gasteiger partial charge in [0.15, 0.2) is 0 Å². The summed E-state index contributed by atoms with van der Waals surface area (Å²) in [5, 5.41) is 2.58. The van der Waals surface area contributed by atoms with E-state index in [0.29, 0.717) is 18.2 Å². The molecular formula is C18H21FN4O2. The monoisotopic (exact) mass is 344 g/mol. The van der Waals surface area contributed by atoms with E-state index in [1.54, 1.807) is 24.4 Å². The fourth-order valence-electron chi connectivity index (χ4n) is 3.01. The van der Waals surface area contributed by atoms with Crippen molar-refractivity contribution in [3.05, 3.63) is 58.8 Å². The summed E-state index contributed by atoms with van der Waals surface area (Å²) >= 11 is 0. The maximum absolute atomic E-state index is 14.3. The Hall–Kier alpha value is -2.51. The van der Waals surface area contributed by atoms with Gasteiger partial charge in [-0.15, -0.1) is 0 Å². The lowest BCUT2D eigenvalue weighted by atomic mass is 10.1. The number of rotatable bonds is 4. The molecule has 3 rings (SSSR count). The summed E-state index contributed by atoms with van der Waals surface area (Å²) in [4.78, 5) is 25.9. The number of hydrogen-bond donors (Lipinski definition) is 2. The molecule has 1 saturated heterocycles. The minimum Gasteiger partial charge on any atom is -0.326 e. The van der Waals surface area contributed by atoms with Gasteiger partial charge < -0.3 is 11.1 Å². The molecule has 2 aromatic rings. The van der Waals surface area contributed by atoms with Crippen LogP contribution in [0.1, 0.15) is 6.92 Å². The van der Waals surface area contributed by atoms with Gasteiger partial charge >= 0.3 is 0 Å². The van der Waals surface area contributed by atoms with Crippen LogP contribution in [0.25, 0.3) is 5.69 Å². The molecule has 0 spiro atoms. The molecule has 6 nitrogen and oxygen atoms in total. The largest absolute Gasteiger partial charge is 0.326 e. The molecule has 1 aromatic carbocycles. The van der Waals surface area contributed by atoms with Gasteiger partial charge in [-0.1, -0.05) is 13.0 Å². The van der Waals surface area contributed by atoms with Gasteiger partial charge in [-0.25, -0.2) is 4.39 Å². The highest BCUT2D eigenvalue weighted by Crippen LogP contribution is 2.18. The number of nitrogens with two attached hydrogens (primary N) is 1. The summed E-state index contributed by atoms with van der Waals surface area (Å²) in [6.45, 7) is 3.64. The third kappa shape index (κ3) is 3.94. The van der Waals surface area contributed by atoms with E-state index in [-0.39, 0.29) is 29.7 Å². The number of carbonyl (C=O) groups excluding carboxylic acids is 1. The number of halogens is 1. The minimum absolute atomic E-state index is 0.0630. The Morgan fingerprint density at radius 2 is 2.12 bits per heavy atom. The molecule has 1 aliphatic rings. The Morgan fingerprint density at radius 3 is 2.76 bits per heavy atom. The molecule has 132 valence electrons. The third-order valence-corrected chi connectivity index (χ3v) is 4.44. The van der Waals surface area contributed by atoms with Gasteiger partial charge in [0.05, 0.1) is 17.9 Å². The van der Waals surface area contributed by atoms with Crippen LogP contribution in [-0.2, 0) is 4.79 Å². The molecular weight excluding hydrogens is 323 g/mol. The van der Waals surface area contributed by atoms with E-state index in [9.17, 15) is 14.0 Å². The summed E-state index contributed by atoms with van der Waals surface area (Å²) in [5.41, 5.74) is 6.19. The van der Waals surface area contributed by atoms with Crippen LogP contribution in [0.15, 0.2) is 47.4 Å². The SMILES string of the molecule is C[C@H]1CN(CC(=O)Nc2ccc(-n3ccccc3=O)cc2F)C[C@@H]1N. The smallest absolute Gasteiger partial charge is 0.255 e.